The zero-order chi connectivity index (χ0) is 20.2. The first-order valence-corrected chi connectivity index (χ1v) is 10.5. The normalized spacial score (nSPS) is 16.7. The zero-order valence-electron chi connectivity index (χ0n) is 17.0. The van der Waals surface area contributed by atoms with Gasteiger partial charge in [-0.2, -0.15) is 0 Å². The van der Waals surface area contributed by atoms with Crippen LogP contribution in [0.3, 0.4) is 0 Å². The Balaban J connectivity index is 1.75. The van der Waals surface area contributed by atoms with Gasteiger partial charge in [0.2, 0.25) is 0 Å². The second-order valence-corrected chi connectivity index (χ2v) is 8.16. The minimum Gasteiger partial charge on any atom is -0.497 e. The van der Waals surface area contributed by atoms with E-state index >= 15 is 0 Å². The van der Waals surface area contributed by atoms with E-state index in [0.717, 1.165) is 49.1 Å². The van der Waals surface area contributed by atoms with E-state index in [1.165, 1.54) is 4.88 Å². The molecule has 8 nitrogen and oxygen atoms in total. The van der Waals surface area contributed by atoms with Gasteiger partial charge in [-0.3, -0.25) is 4.90 Å². The maximum Gasteiger partial charge on any atom is 0.173 e. The SMILES string of the molecule is COc1ccc([C@H](c2nnnn2Cc2cccs2)N2CCN(C)CC2)c(OC)c1. The van der Waals surface area contributed by atoms with Gasteiger partial charge >= 0.3 is 0 Å². The van der Waals surface area contributed by atoms with Crippen LogP contribution in [0.15, 0.2) is 35.7 Å². The fraction of sp³-hybridized carbons (Fsp3) is 0.450. The minimum absolute atomic E-state index is 0.0977. The molecule has 1 aliphatic heterocycles. The fourth-order valence-electron chi connectivity index (χ4n) is 3.69. The Hall–Kier alpha value is -2.49. The van der Waals surface area contributed by atoms with Gasteiger partial charge in [-0.15, -0.1) is 16.4 Å². The molecule has 4 rings (SSSR count). The van der Waals surface area contributed by atoms with E-state index in [1.807, 2.05) is 16.8 Å². The van der Waals surface area contributed by atoms with Crippen LogP contribution in [0, 0.1) is 0 Å². The average Bonchev–Trinajstić information content (AvgIpc) is 3.43. The number of methoxy groups -OCH3 is 2. The molecule has 0 amide bonds. The number of thiophene rings is 1. The third kappa shape index (κ3) is 4.26. The third-order valence-corrected chi connectivity index (χ3v) is 6.19. The Morgan fingerprint density at radius 3 is 2.62 bits per heavy atom. The molecule has 0 radical (unpaired) electrons. The number of aromatic nitrogens is 4. The van der Waals surface area contributed by atoms with Crippen LogP contribution in [0.2, 0.25) is 0 Å². The molecule has 1 saturated heterocycles. The molecule has 0 aliphatic carbocycles. The number of hydrogen-bond acceptors (Lipinski definition) is 8. The van der Waals surface area contributed by atoms with Crippen LogP contribution in [0.4, 0.5) is 0 Å². The number of hydrogen-bond donors (Lipinski definition) is 0. The first-order chi connectivity index (χ1) is 14.2. The molecule has 29 heavy (non-hydrogen) atoms. The molecule has 0 saturated carbocycles. The van der Waals surface area contributed by atoms with Gasteiger partial charge in [0.25, 0.3) is 0 Å². The molecule has 0 N–H and O–H groups in total. The Morgan fingerprint density at radius 1 is 1.10 bits per heavy atom. The van der Waals surface area contributed by atoms with Crippen molar-refractivity contribution >= 4 is 11.3 Å². The van der Waals surface area contributed by atoms with Crippen molar-refractivity contribution in [3.05, 3.63) is 52.0 Å². The van der Waals surface area contributed by atoms with Crippen LogP contribution in [-0.2, 0) is 6.54 Å². The highest BCUT2D eigenvalue weighted by molar-refractivity contribution is 7.09. The van der Waals surface area contributed by atoms with Crippen LogP contribution in [0.25, 0.3) is 0 Å². The van der Waals surface area contributed by atoms with Crippen LogP contribution >= 0.6 is 11.3 Å². The highest BCUT2D eigenvalue weighted by atomic mass is 32.1. The van der Waals surface area contributed by atoms with E-state index in [4.69, 9.17) is 9.47 Å². The van der Waals surface area contributed by atoms with Gasteiger partial charge in [0.15, 0.2) is 5.82 Å². The lowest BCUT2D eigenvalue weighted by atomic mass is 10.0. The molecule has 0 unspecified atom stereocenters. The minimum atomic E-state index is -0.0977. The van der Waals surface area contributed by atoms with Crippen molar-refractivity contribution in [1.82, 2.24) is 30.0 Å². The van der Waals surface area contributed by atoms with Crippen molar-refractivity contribution in [3.63, 3.8) is 0 Å². The van der Waals surface area contributed by atoms with Crippen molar-refractivity contribution < 1.29 is 9.47 Å². The molecular weight excluding hydrogens is 388 g/mol. The Bertz CT molecular complexity index is 921. The van der Waals surface area contributed by atoms with Crippen molar-refractivity contribution in [2.45, 2.75) is 12.6 Å². The summed E-state index contributed by atoms with van der Waals surface area (Å²) in [6.07, 6.45) is 0. The summed E-state index contributed by atoms with van der Waals surface area (Å²) in [7, 11) is 5.50. The molecule has 154 valence electrons. The van der Waals surface area contributed by atoms with Gasteiger partial charge in [0.1, 0.15) is 17.5 Å². The summed E-state index contributed by atoms with van der Waals surface area (Å²) < 4.78 is 13.0. The number of rotatable bonds is 7. The van der Waals surface area contributed by atoms with Gasteiger partial charge < -0.3 is 14.4 Å². The first kappa shape index (κ1) is 19.8. The largest absolute Gasteiger partial charge is 0.497 e. The van der Waals surface area contributed by atoms with E-state index in [-0.39, 0.29) is 6.04 Å². The number of tetrazole rings is 1. The van der Waals surface area contributed by atoms with E-state index < -0.39 is 0 Å². The van der Waals surface area contributed by atoms with Gasteiger partial charge in [-0.1, -0.05) is 6.07 Å². The summed E-state index contributed by atoms with van der Waals surface area (Å²) >= 11 is 1.71. The predicted octanol–water partition coefficient (Wildman–Crippen LogP) is 2.14. The monoisotopic (exact) mass is 414 g/mol. The molecule has 1 aromatic carbocycles. The second kappa shape index (κ2) is 8.89. The van der Waals surface area contributed by atoms with E-state index in [9.17, 15) is 0 Å². The van der Waals surface area contributed by atoms with Crippen LogP contribution in [0.5, 0.6) is 11.5 Å². The van der Waals surface area contributed by atoms with Gasteiger partial charge in [-0.25, -0.2) is 4.68 Å². The lowest BCUT2D eigenvalue weighted by Gasteiger charge is -2.37. The maximum absolute atomic E-state index is 5.73. The Kier molecular flexibility index (Phi) is 6.08. The highest BCUT2D eigenvalue weighted by Crippen LogP contribution is 2.36. The summed E-state index contributed by atoms with van der Waals surface area (Å²) in [6, 6.07) is 10.0. The van der Waals surface area contributed by atoms with E-state index in [1.54, 1.807) is 25.6 Å². The molecule has 3 aromatic rings. The number of benzene rings is 1. The average molecular weight is 415 g/mol. The van der Waals surface area contributed by atoms with Gasteiger partial charge in [0, 0.05) is 42.7 Å². The summed E-state index contributed by atoms with van der Waals surface area (Å²) in [5.41, 5.74) is 1.04. The van der Waals surface area contributed by atoms with E-state index in [0.29, 0.717) is 6.54 Å². The highest BCUT2D eigenvalue weighted by Gasteiger charge is 2.32. The predicted molar refractivity (Wildman–Crippen MR) is 112 cm³/mol. The standard InChI is InChI=1S/C20H26N6O2S/c1-24-8-10-25(11-9-24)19(17-7-6-15(27-2)13-18(17)28-3)20-21-22-23-26(20)14-16-5-4-12-29-16/h4-7,12-13,19H,8-11,14H2,1-3H3/t19-/m1/s1. The van der Waals surface area contributed by atoms with Crippen LogP contribution in [0.1, 0.15) is 22.3 Å². The smallest absolute Gasteiger partial charge is 0.173 e. The van der Waals surface area contributed by atoms with Crippen LogP contribution < -0.4 is 9.47 Å². The van der Waals surface area contributed by atoms with Crippen molar-refractivity contribution in [3.8, 4) is 11.5 Å². The van der Waals surface area contributed by atoms with Crippen molar-refractivity contribution in [2.24, 2.45) is 0 Å². The number of piperazine rings is 1. The zero-order valence-corrected chi connectivity index (χ0v) is 17.8. The van der Waals surface area contributed by atoms with Gasteiger partial charge in [0.05, 0.1) is 20.8 Å². The summed E-state index contributed by atoms with van der Waals surface area (Å²) in [6.45, 7) is 4.52. The van der Waals surface area contributed by atoms with Crippen molar-refractivity contribution in [1.29, 1.82) is 0 Å². The van der Waals surface area contributed by atoms with Gasteiger partial charge in [-0.05, 0) is 41.1 Å². The first-order valence-electron chi connectivity index (χ1n) is 9.62. The Labute approximate surface area is 174 Å². The quantitative estimate of drug-likeness (QED) is 0.587. The van der Waals surface area contributed by atoms with Crippen LogP contribution in [-0.4, -0.2) is 77.5 Å². The van der Waals surface area contributed by atoms with E-state index in [2.05, 4.69) is 56.0 Å². The molecule has 1 aliphatic rings. The number of ether oxygens (including phenoxy) is 2. The fourth-order valence-corrected chi connectivity index (χ4v) is 4.38. The number of likely N-dealkylation sites (N-methyl/N-ethyl adjacent to an activating group) is 1. The third-order valence-electron chi connectivity index (χ3n) is 5.33. The molecule has 1 fully saturated rings. The molecule has 1 atom stereocenters. The lowest BCUT2D eigenvalue weighted by molar-refractivity contribution is 0.120. The number of nitrogens with zero attached hydrogens (tertiary/aromatic N) is 6. The molecule has 3 heterocycles. The summed E-state index contributed by atoms with van der Waals surface area (Å²) in [5, 5.41) is 14.8. The molecule has 9 heteroatoms. The summed E-state index contributed by atoms with van der Waals surface area (Å²) in [5.74, 6) is 2.37. The Morgan fingerprint density at radius 2 is 1.93 bits per heavy atom. The molecule has 2 aromatic heterocycles. The summed E-state index contributed by atoms with van der Waals surface area (Å²) in [4.78, 5) is 5.99. The maximum atomic E-state index is 5.73. The molecule has 0 bridgehead atoms. The molecular formula is C20H26N6O2S. The molecule has 0 spiro atoms. The lowest BCUT2D eigenvalue weighted by Crippen LogP contribution is -2.46. The topological polar surface area (TPSA) is 68.5 Å². The van der Waals surface area contributed by atoms with Crippen molar-refractivity contribution in [2.75, 3.05) is 47.4 Å². The second-order valence-electron chi connectivity index (χ2n) is 7.12.